The summed E-state index contributed by atoms with van der Waals surface area (Å²) < 4.78 is 34.6. The molecular formula is C19H22N2O7S2. The summed E-state index contributed by atoms with van der Waals surface area (Å²) in [5.41, 5.74) is 0. The lowest BCUT2D eigenvalue weighted by Crippen LogP contribution is -2.34. The van der Waals surface area contributed by atoms with Crippen LogP contribution in [0.5, 0.6) is 5.75 Å². The van der Waals surface area contributed by atoms with Gasteiger partial charge in [0.25, 0.3) is 5.91 Å². The van der Waals surface area contributed by atoms with Gasteiger partial charge in [0, 0.05) is 11.4 Å². The van der Waals surface area contributed by atoms with Gasteiger partial charge < -0.3 is 14.8 Å². The number of sulfonamides is 1. The number of benzene rings is 1. The van der Waals surface area contributed by atoms with Gasteiger partial charge in [-0.05, 0) is 30.7 Å². The molecule has 0 unspecified atom stereocenters. The molecule has 0 bridgehead atoms. The molecule has 2 N–H and O–H groups in total. The van der Waals surface area contributed by atoms with Crippen molar-refractivity contribution >= 4 is 39.0 Å². The van der Waals surface area contributed by atoms with Crippen molar-refractivity contribution in [2.45, 2.75) is 6.42 Å². The molecule has 0 fully saturated rings. The van der Waals surface area contributed by atoms with Crippen LogP contribution in [0.1, 0.15) is 14.5 Å². The van der Waals surface area contributed by atoms with Crippen molar-refractivity contribution in [1.82, 2.24) is 10.0 Å². The minimum absolute atomic E-state index is 0.232. The number of thiophene rings is 1. The molecule has 0 aliphatic heterocycles. The molecule has 1 aromatic carbocycles. The van der Waals surface area contributed by atoms with E-state index in [0.29, 0.717) is 17.0 Å². The van der Waals surface area contributed by atoms with Gasteiger partial charge in [-0.25, -0.2) is 13.1 Å². The lowest BCUT2D eigenvalue weighted by Gasteiger charge is -2.07. The van der Waals surface area contributed by atoms with Crippen LogP contribution in [-0.2, 0) is 30.8 Å². The molecule has 0 spiro atoms. The van der Waals surface area contributed by atoms with E-state index in [2.05, 4.69) is 10.0 Å². The van der Waals surface area contributed by atoms with E-state index in [9.17, 15) is 22.8 Å². The third kappa shape index (κ3) is 9.16. The van der Waals surface area contributed by atoms with Crippen LogP contribution in [0.2, 0.25) is 0 Å². The maximum absolute atomic E-state index is 12.1. The number of Topliss-reactive ketones (excluding diaryl/α,β-unsaturated/α-hetero) is 1. The van der Waals surface area contributed by atoms with Gasteiger partial charge in [0.05, 0.1) is 11.1 Å². The fourth-order valence-corrected chi connectivity index (χ4v) is 3.58. The van der Waals surface area contributed by atoms with E-state index < -0.39 is 28.5 Å². The van der Waals surface area contributed by atoms with E-state index in [4.69, 9.17) is 9.47 Å². The summed E-state index contributed by atoms with van der Waals surface area (Å²) in [6, 6.07) is 12.1. The quantitative estimate of drug-likeness (QED) is 0.358. The second-order valence-electron chi connectivity index (χ2n) is 6.14. The van der Waals surface area contributed by atoms with Gasteiger partial charge in [0.15, 0.2) is 13.2 Å². The van der Waals surface area contributed by atoms with Gasteiger partial charge in [0.2, 0.25) is 15.8 Å². The number of rotatable bonds is 12. The lowest BCUT2D eigenvalue weighted by atomic mass is 10.3. The number of carbonyl (C=O) groups is 3. The predicted molar refractivity (Wildman–Crippen MR) is 111 cm³/mol. The number of ether oxygens (including phenoxy) is 2. The summed E-state index contributed by atoms with van der Waals surface area (Å²) >= 11 is 1.20. The molecule has 0 saturated heterocycles. The Labute approximate surface area is 178 Å². The zero-order valence-corrected chi connectivity index (χ0v) is 17.9. The molecule has 0 atom stereocenters. The highest BCUT2D eigenvalue weighted by atomic mass is 32.2. The van der Waals surface area contributed by atoms with Gasteiger partial charge in [-0.3, -0.25) is 14.4 Å². The molecule has 1 aromatic heterocycles. The third-order valence-electron chi connectivity index (χ3n) is 3.58. The first-order valence-electron chi connectivity index (χ1n) is 8.89. The van der Waals surface area contributed by atoms with Crippen molar-refractivity contribution in [3.8, 4) is 5.75 Å². The highest BCUT2D eigenvalue weighted by Crippen LogP contribution is 2.17. The van der Waals surface area contributed by atoms with Crippen LogP contribution in [0.4, 0.5) is 0 Å². The highest BCUT2D eigenvalue weighted by molar-refractivity contribution is 7.88. The zero-order chi connectivity index (χ0) is 22.0. The van der Waals surface area contributed by atoms with Crippen LogP contribution in [0.3, 0.4) is 0 Å². The Balaban J connectivity index is 1.65. The fourth-order valence-electron chi connectivity index (χ4n) is 2.18. The van der Waals surface area contributed by atoms with Crippen LogP contribution in [0.15, 0.2) is 42.5 Å². The van der Waals surface area contributed by atoms with Crippen molar-refractivity contribution in [2.75, 3.05) is 32.6 Å². The van der Waals surface area contributed by atoms with E-state index in [1.165, 1.54) is 11.3 Å². The lowest BCUT2D eigenvalue weighted by molar-refractivity contribution is -0.143. The van der Waals surface area contributed by atoms with Crippen molar-refractivity contribution in [3.63, 3.8) is 0 Å². The molecule has 9 nitrogen and oxygen atoms in total. The molecular weight excluding hydrogens is 432 g/mol. The first kappa shape index (κ1) is 23.5. The third-order valence-corrected chi connectivity index (χ3v) is 5.49. The zero-order valence-electron chi connectivity index (χ0n) is 16.3. The van der Waals surface area contributed by atoms with Crippen LogP contribution in [0.25, 0.3) is 0 Å². The summed E-state index contributed by atoms with van der Waals surface area (Å²) in [5.74, 6) is -1.09. The number of amides is 1. The molecule has 0 aliphatic carbocycles. The largest absolute Gasteiger partial charge is 0.484 e. The van der Waals surface area contributed by atoms with Gasteiger partial charge in [0.1, 0.15) is 12.3 Å². The normalized spacial score (nSPS) is 11.0. The summed E-state index contributed by atoms with van der Waals surface area (Å²) in [5, 5.41) is 2.35. The van der Waals surface area contributed by atoms with Crippen molar-refractivity contribution in [2.24, 2.45) is 0 Å². The SMILES string of the molecule is CS(=O)(=O)NCCc1ccc(C(=O)COC(=O)CNC(=O)COc2ccccc2)s1. The first-order chi connectivity index (χ1) is 14.2. The van der Waals surface area contributed by atoms with Gasteiger partial charge in [-0.2, -0.15) is 0 Å². The minimum atomic E-state index is -3.26. The maximum Gasteiger partial charge on any atom is 0.325 e. The number of para-hydroxylation sites is 1. The number of ketones is 1. The Hall–Kier alpha value is -2.76. The number of nitrogens with one attached hydrogen (secondary N) is 2. The highest BCUT2D eigenvalue weighted by Gasteiger charge is 2.14. The topological polar surface area (TPSA) is 128 Å². The Morgan fingerprint density at radius 1 is 1.03 bits per heavy atom. The fraction of sp³-hybridized carbons (Fsp3) is 0.316. The van der Waals surface area contributed by atoms with Crippen LogP contribution < -0.4 is 14.8 Å². The second kappa shape index (κ2) is 11.4. The molecule has 0 aliphatic rings. The summed E-state index contributed by atoms with van der Waals surface area (Å²) in [6.07, 6.45) is 1.52. The smallest absolute Gasteiger partial charge is 0.325 e. The molecule has 0 saturated carbocycles. The summed E-state index contributed by atoms with van der Waals surface area (Å²) in [4.78, 5) is 36.7. The molecule has 1 amide bonds. The molecule has 162 valence electrons. The van der Waals surface area contributed by atoms with Crippen molar-refractivity contribution < 1.29 is 32.3 Å². The van der Waals surface area contributed by atoms with Gasteiger partial charge in [-0.1, -0.05) is 18.2 Å². The molecule has 11 heteroatoms. The Kier molecular flexibility index (Phi) is 8.96. The molecule has 30 heavy (non-hydrogen) atoms. The van der Waals surface area contributed by atoms with Crippen molar-refractivity contribution in [3.05, 3.63) is 52.2 Å². The molecule has 2 aromatic rings. The molecule has 0 radical (unpaired) electrons. The molecule has 1 heterocycles. The van der Waals surface area contributed by atoms with E-state index >= 15 is 0 Å². The summed E-state index contributed by atoms with van der Waals surface area (Å²) in [7, 11) is -3.26. The average molecular weight is 455 g/mol. The minimum Gasteiger partial charge on any atom is -0.484 e. The Bertz CT molecular complexity index is 972. The predicted octanol–water partition coefficient (Wildman–Crippen LogP) is 0.761. The first-order valence-corrected chi connectivity index (χ1v) is 11.6. The Morgan fingerprint density at radius 2 is 1.77 bits per heavy atom. The summed E-state index contributed by atoms with van der Waals surface area (Å²) in [6.45, 7) is -0.841. The monoisotopic (exact) mass is 454 g/mol. The van der Waals surface area contributed by atoms with E-state index in [-0.39, 0.29) is 25.5 Å². The van der Waals surface area contributed by atoms with Crippen LogP contribution in [0, 0.1) is 0 Å². The Morgan fingerprint density at radius 3 is 2.47 bits per heavy atom. The van der Waals surface area contributed by atoms with E-state index in [0.717, 1.165) is 11.1 Å². The second-order valence-corrected chi connectivity index (χ2v) is 9.15. The van der Waals surface area contributed by atoms with Crippen molar-refractivity contribution in [1.29, 1.82) is 0 Å². The van der Waals surface area contributed by atoms with E-state index in [1.54, 1.807) is 36.4 Å². The van der Waals surface area contributed by atoms with Crippen LogP contribution in [-0.4, -0.2) is 58.6 Å². The van der Waals surface area contributed by atoms with Gasteiger partial charge >= 0.3 is 5.97 Å². The number of hydrogen-bond donors (Lipinski definition) is 2. The average Bonchev–Trinajstić information content (AvgIpc) is 3.17. The number of esters is 1. The number of carbonyl (C=O) groups excluding carboxylic acids is 3. The van der Waals surface area contributed by atoms with Crippen LogP contribution >= 0.6 is 11.3 Å². The number of hydrogen-bond acceptors (Lipinski definition) is 8. The maximum atomic E-state index is 12.1. The van der Waals surface area contributed by atoms with E-state index in [1.807, 2.05) is 6.07 Å². The molecule has 2 rings (SSSR count). The van der Waals surface area contributed by atoms with Gasteiger partial charge in [-0.15, -0.1) is 11.3 Å². The standard InChI is InChI=1S/C19H22N2O7S2/c1-30(25,26)21-10-9-15-7-8-17(29-15)16(22)12-28-19(24)11-20-18(23)13-27-14-5-3-2-4-6-14/h2-8,21H,9-13H2,1H3,(H,20,23).